The SMILES string of the molecule is CCOCc1cccc(NC2CCCC2)c1. The lowest BCUT2D eigenvalue weighted by molar-refractivity contribution is 0.134. The normalized spacial score (nSPS) is 16.6. The van der Waals surface area contributed by atoms with Crippen LogP contribution in [0.5, 0.6) is 0 Å². The summed E-state index contributed by atoms with van der Waals surface area (Å²) in [4.78, 5) is 0. The maximum absolute atomic E-state index is 5.42. The molecule has 0 atom stereocenters. The molecule has 0 amide bonds. The van der Waals surface area contributed by atoms with E-state index in [2.05, 4.69) is 29.6 Å². The third-order valence-electron chi connectivity index (χ3n) is 3.13. The fourth-order valence-corrected chi connectivity index (χ4v) is 2.28. The summed E-state index contributed by atoms with van der Waals surface area (Å²) in [6.07, 6.45) is 5.37. The van der Waals surface area contributed by atoms with E-state index in [1.165, 1.54) is 36.9 Å². The maximum atomic E-state index is 5.42. The second-order valence-corrected chi connectivity index (χ2v) is 4.46. The highest BCUT2D eigenvalue weighted by Crippen LogP contribution is 2.22. The number of ether oxygens (including phenoxy) is 1. The van der Waals surface area contributed by atoms with Crippen LogP contribution in [0.4, 0.5) is 5.69 Å². The minimum atomic E-state index is 0.683. The van der Waals surface area contributed by atoms with Crippen molar-refractivity contribution in [3.63, 3.8) is 0 Å². The van der Waals surface area contributed by atoms with Crippen LogP contribution < -0.4 is 5.32 Å². The predicted molar refractivity (Wildman–Crippen MR) is 67.7 cm³/mol. The number of hydrogen-bond acceptors (Lipinski definition) is 2. The highest BCUT2D eigenvalue weighted by molar-refractivity contribution is 5.46. The van der Waals surface area contributed by atoms with Gasteiger partial charge in [-0.25, -0.2) is 0 Å². The standard InChI is InChI=1S/C14H21NO/c1-2-16-11-12-6-5-9-14(10-12)15-13-7-3-4-8-13/h5-6,9-10,13,15H,2-4,7-8,11H2,1H3. The fourth-order valence-electron chi connectivity index (χ4n) is 2.28. The summed E-state index contributed by atoms with van der Waals surface area (Å²) < 4.78 is 5.42. The van der Waals surface area contributed by atoms with E-state index in [1.54, 1.807) is 0 Å². The first kappa shape index (κ1) is 11.5. The first-order chi connectivity index (χ1) is 7.88. The van der Waals surface area contributed by atoms with E-state index in [0.717, 1.165) is 13.2 Å². The van der Waals surface area contributed by atoms with E-state index < -0.39 is 0 Å². The topological polar surface area (TPSA) is 21.3 Å². The zero-order valence-electron chi connectivity index (χ0n) is 10.0. The van der Waals surface area contributed by atoms with E-state index in [0.29, 0.717) is 6.04 Å². The van der Waals surface area contributed by atoms with Gasteiger partial charge in [0.25, 0.3) is 0 Å². The van der Waals surface area contributed by atoms with Gasteiger partial charge in [-0.05, 0) is 37.5 Å². The van der Waals surface area contributed by atoms with Gasteiger partial charge in [-0.3, -0.25) is 0 Å². The predicted octanol–water partition coefficient (Wildman–Crippen LogP) is 3.58. The molecule has 2 rings (SSSR count). The first-order valence-corrected chi connectivity index (χ1v) is 6.31. The summed E-state index contributed by atoms with van der Waals surface area (Å²) in [5, 5.41) is 3.60. The quantitative estimate of drug-likeness (QED) is 0.817. The van der Waals surface area contributed by atoms with E-state index in [-0.39, 0.29) is 0 Å². The molecule has 1 N–H and O–H groups in total. The monoisotopic (exact) mass is 219 g/mol. The zero-order valence-corrected chi connectivity index (χ0v) is 10.0. The molecule has 0 radical (unpaired) electrons. The van der Waals surface area contributed by atoms with Gasteiger partial charge in [0, 0.05) is 18.3 Å². The summed E-state index contributed by atoms with van der Waals surface area (Å²) in [6.45, 7) is 3.53. The Bertz CT molecular complexity index is 318. The Hall–Kier alpha value is -1.02. The minimum absolute atomic E-state index is 0.683. The van der Waals surface area contributed by atoms with Gasteiger partial charge >= 0.3 is 0 Å². The van der Waals surface area contributed by atoms with E-state index in [9.17, 15) is 0 Å². The lowest BCUT2D eigenvalue weighted by Crippen LogP contribution is -2.14. The van der Waals surface area contributed by atoms with Crippen LogP contribution in [-0.2, 0) is 11.3 Å². The third-order valence-corrected chi connectivity index (χ3v) is 3.13. The average Bonchev–Trinajstić information content (AvgIpc) is 2.80. The molecule has 0 saturated heterocycles. The molecule has 0 bridgehead atoms. The van der Waals surface area contributed by atoms with Crippen molar-refractivity contribution in [1.82, 2.24) is 0 Å². The second-order valence-electron chi connectivity index (χ2n) is 4.46. The molecule has 88 valence electrons. The lowest BCUT2D eigenvalue weighted by atomic mass is 10.2. The largest absolute Gasteiger partial charge is 0.382 e. The molecule has 2 nitrogen and oxygen atoms in total. The van der Waals surface area contributed by atoms with Crippen molar-refractivity contribution in [2.75, 3.05) is 11.9 Å². The van der Waals surface area contributed by atoms with Crippen molar-refractivity contribution >= 4 is 5.69 Å². The summed E-state index contributed by atoms with van der Waals surface area (Å²) in [5.41, 5.74) is 2.49. The van der Waals surface area contributed by atoms with Crippen LogP contribution in [-0.4, -0.2) is 12.6 Å². The number of rotatable bonds is 5. The Morgan fingerprint density at radius 3 is 2.88 bits per heavy atom. The Balaban J connectivity index is 1.92. The maximum Gasteiger partial charge on any atom is 0.0717 e. The number of anilines is 1. The molecule has 1 aromatic rings. The van der Waals surface area contributed by atoms with Crippen molar-refractivity contribution in [2.45, 2.75) is 45.3 Å². The molecular formula is C14H21NO. The second kappa shape index (κ2) is 5.90. The lowest BCUT2D eigenvalue weighted by Gasteiger charge is -2.14. The molecule has 2 heteroatoms. The minimum Gasteiger partial charge on any atom is -0.382 e. The molecule has 0 aliphatic heterocycles. The van der Waals surface area contributed by atoms with E-state index >= 15 is 0 Å². The highest BCUT2D eigenvalue weighted by Gasteiger charge is 2.14. The van der Waals surface area contributed by atoms with E-state index in [4.69, 9.17) is 4.74 Å². The van der Waals surface area contributed by atoms with Crippen molar-refractivity contribution in [3.8, 4) is 0 Å². The Kier molecular flexibility index (Phi) is 4.23. The van der Waals surface area contributed by atoms with Crippen LogP contribution in [0.3, 0.4) is 0 Å². The first-order valence-electron chi connectivity index (χ1n) is 6.31. The summed E-state index contributed by atoms with van der Waals surface area (Å²) >= 11 is 0. The van der Waals surface area contributed by atoms with Gasteiger partial charge in [0.2, 0.25) is 0 Å². The molecule has 0 unspecified atom stereocenters. The van der Waals surface area contributed by atoms with Crippen molar-refractivity contribution < 1.29 is 4.74 Å². The average molecular weight is 219 g/mol. The van der Waals surface area contributed by atoms with Gasteiger partial charge in [-0.15, -0.1) is 0 Å². The molecule has 1 aliphatic carbocycles. The molecule has 16 heavy (non-hydrogen) atoms. The molecule has 1 saturated carbocycles. The number of benzene rings is 1. The summed E-state index contributed by atoms with van der Waals surface area (Å²) in [6, 6.07) is 9.26. The van der Waals surface area contributed by atoms with Crippen LogP contribution in [0, 0.1) is 0 Å². The smallest absolute Gasteiger partial charge is 0.0717 e. The van der Waals surface area contributed by atoms with Crippen LogP contribution >= 0.6 is 0 Å². The van der Waals surface area contributed by atoms with Gasteiger partial charge in [0.15, 0.2) is 0 Å². The van der Waals surface area contributed by atoms with Crippen molar-refractivity contribution in [3.05, 3.63) is 29.8 Å². The number of hydrogen-bond donors (Lipinski definition) is 1. The highest BCUT2D eigenvalue weighted by atomic mass is 16.5. The van der Waals surface area contributed by atoms with Crippen LogP contribution in [0.1, 0.15) is 38.2 Å². The molecule has 1 aromatic carbocycles. The van der Waals surface area contributed by atoms with Crippen LogP contribution in [0.2, 0.25) is 0 Å². The fraction of sp³-hybridized carbons (Fsp3) is 0.571. The molecular weight excluding hydrogens is 198 g/mol. The van der Waals surface area contributed by atoms with Gasteiger partial charge < -0.3 is 10.1 Å². The number of nitrogens with one attached hydrogen (secondary N) is 1. The molecule has 0 aromatic heterocycles. The molecule has 1 aliphatic rings. The Morgan fingerprint density at radius 1 is 1.31 bits per heavy atom. The van der Waals surface area contributed by atoms with Gasteiger partial charge in [-0.2, -0.15) is 0 Å². The molecule has 1 fully saturated rings. The Labute approximate surface area is 98.0 Å². The van der Waals surface area contributed by atoms with Gasteiger partial charge in [0.1, 0.15) is 0 Å². The molecule has 0 spiro atoms. The van der Waals surface area contributed by atoms with Crippen LogP contribution in [0.15, 0.2) is 24.3 Å². The van der Waals surface area contributed by atoms with Crippen molar-refractivity contribution in [2.24, 2.45) is 0 Å². The van der Waals surface area contributed by atoms with Crippen LogP contribution in [0.25, 0.3) is 0 Å². The molecule has 0 heterocycles. The third kappa shape index (κ3) is 3.24. The Morgan fingerprint density at radius 2 is 2.12 bits per heavy atom. The summed E-state index contributed by atoms with van der Waals surface area (Å²) in [7, 11) is 0. The zero-order chi connectivity index (χ0) is 11.2. The van der Waals surface area contributed by atoms with Crippen molar-refractivity contribution in [1.29, 1.82) is 0 Å². The summed E-state index contributed by atoms with van der Waals surface area (Å²) in [5.74, 6) is 0. The van der Waals surface area contributed by atoms with Gasteiger partial charge in [0.05, 0.1) is 6.61 Å². The van der Waals surface area contributed by atoms with E-state index in [1.807, 2.05) is 6.92 Å². The van der Waals surface area contributed by atoms with Gasteiger partial charge in [-0.1, -0.05) is 25.0 Å².